The lowest BCUT2D eigenvalue weighted by molar-refractivity contribution is -0.136. The van der Waals surface area contributed by atoms with Crippen molar-refractivity contribution in [3.8, 4) is 0 Å². The summed E-state index contributed by atoms with van der Waals surface area (Å²) in [6.45, 7) is 1.71. The first-order chi connectivity index (χ1) is 11.8. The van der Waals surface area contributed by atoms with Crippen molar-refractivity contribution >= 4 is 11.9 Å². The quantitative estimate of drug-likeness (QED) is 0.872. The average Bonchev–Trinajstić information content (AvgIpc) is 2.57. The van der Waals surface area contributed by atoms with Crippen LogP contribution in [-0.4, -0.2) is 35.0 Å². The number of hydrogen-bond acceptors (Lipinski definition) is 2. The summed E-state index contributed by atoms with van der Waals surface area (Å²) in [5.74, 6) is -2.51. The summed E-state index contributed by atoms with van der Waals surface area (Å²) in [7, 11) is 1.57. The van der Waals surface area contributed by atoms with E-state index < -0.39 is 23.6 Å². The Kier molecular flexibility index (Phi) is 5.85. The monoisotopic (exact) mass is 347 g/mol. The van der Waals surface area contributed by atoms with Crippen molar-refractivity contribution in [2.24, 2.45) is 0 Å². The number of hydrogen-bond donors (Lipinski definition) is 1. The van der Waals surface area contributed by atoms with Gasteiger partial charge in [0.15, 0.2) is 0 Å². The van der Waals surface area contributed by atoms with Crippen molar-refractivity contribution in [1.82, 2.24) is 4.90 Å². The summed E-state index contributed by atoms with van der Waals surface area (Å²) in [5.41, 5.74) is 0.928. The largest absolute Gasteiger partial charge is 0.481 e. The molecule has 0 aliphatic heterocycles. The van der Waals surface area contributed by atoms with E-state index in [0.717, 1.165) is 0 Å². The first-order valence-electron chi connectivity index (χ1n) is 7.80. The van der Waals surface area contributed by atoms with Gasteiger partial charge in [-0.1, -0.05) is 18.2 Å². The van der Waals surface area contributed by atoms with Gasteiger partial charge in [-0.2, -0.15) is 0 Å². The van der Waals surface area contributed by atoms with E-state index in [4.69, 9.17) is 5.11 Å². The van der Waals surface area contributed by atoms with Crippen molar-refractivity contribution in [3.63, 3.8) is 0 Å². The highest BCUT2D eigenvalue weighted by Crippen LogP contribution is 2.17. The molecule has 2 rings (SSSR count). The van der Waals surface area contributed by atoms with Crippen LogP contribution in [0.1, 0.15) is 28.4 Å². The number of carboxylic acid groups (broad SMARTS) is 1. The third kappa shape index (κ3) is 4.62. The average molecular weight is 347 g/mol. The van der Waals surface area contributed by atoms with Crippen LogP contribution in [0.15, 0.2) is 42.5 Å². The van der Waals surface area contributed by atoms with Crippen LogP contribution in [0.3, 0.4) is 0 Å². The van der Waals surface area contributed by atoms with Crippen LogP contribution in [0.4, 0.5) is 8.78 Å². The summed E-state index contributed by atoms with van der Waals surface area (Å²) < 4.78 is 27.5. The maximum absolute atomic E-state index is 13.8. The molecule has 0 bridgehead atoms. The van der Waals surface area contributed by atoms with Crippen LogP contribution < -0.4 is 0 Å². The van der Waals surface area contributed by atoms with Crippen LogP contribution in [0, 0.1) is 11.6 Å². The summed E-state index contributed by atoms with van der Waals surface area (Å²) in [6, 6.07) is 9.51. The molecule has 1 atom stereocenters. The van der Waals surface area contributed by atoms with E-state index in [1.54, 1.807) is 38.2 Å². The number of carboxylic acids is 1. The van der Waals surface area contributed by atoms with Crippen molar-refractivity contribution in [2.45, 2.75) is 25.8 Å². The molecular formula is C19H19F2NO3. The second-order valence-corrected chi connectivity index (χ2v) is 5.94. The number of benzene rings is 2. The second kappa shape index (κ2) is 7.88. The van der Waals surface area contributed by atoms with E-state index in [-0.39, 0.29) is 24.3 Å². The third-order valence-corrected chi connectivity index (χ3v) is 4.10. The molecule has 1 amide bonds. The molecule has 0 spiro atoms. The van der Waals surface area contributed by atoms with E-state index in [9.17, 15) is 18.4 Å². The molecule has 0 aliphatic rings. The Morgan fingerprint density at radius 2 is 1.64 bits per heavy atom. The fraction of sp³-hybridized carbons (Fsp3) is 0.263. The van der Waals surface area contributed by atoms with Gasteiger partial charge in [0.2, 0.25) is 0 Å². The molecule has 25 heavy (non-hydrogen) atoms. The van der Waals surface area contributed by atoms with E-state index in [1.807, 2.05) is 0 Å². The first kappa shape index (κ1) is 18.6. The minimum absolute atomic E-state index is 0.0496. The van der Waals surface area contributed by atoms with Gasteiger partial charge in [-0.25, -0.2) is 8.78 Å². The van der Waals surface area contributed by atoms with Gasteiger partial charge in [-0.15, -0.1) is 0 Å². The molecular weight excluding hydrogens is 328 g/mol. The van der Waals surface area contributed by atoms with E-state index in [1.165, 1.54) is 23.1 Å². The highest BCUT2D eigenvalue weighted by atomic mass is 19.1. The van der Waals surface area contributed by atoms with E-state index >= 15 is 0 Å². The Hall–Kier alpha value is -2.76. The summed E-state index contributed by atoms with van der Waals surface area (Å²) in [5, 5.41) is 8.75. The Morgan fingerprint density at radius 1 is 1.08 bits per heavy atom. The van der Waals surface area contributed by atoms with Gasteiger partial charge in [0, 0.05) is 24.2 Å². The molecule has 2 aromatic carbocycles. The molecule has 0 saturated carbocycles. The molecule has 0 radical (unpaired) electrons. The molecule has 2 aromatic rings. The SMILES string of the molecule is C[C@@H](Cc1c(F)cccc1F)N(C)C(=O)c1ccc(CC(=O)O)cc1. The minimum Gasteiger partial charge on any atom is -0.481 e. The topological polar surface area (TPSA) is 57.6 Å². The predicted octanol–water partition coefficient (Wildman–Crippen LogP) is 3.30. The number of rotatable bonds is 6. The summed E-state index contributed by atoms with van der Waals surface area (Å²) in [6.07, 6.45) is -0.0644. The lowest BCUT2D eigenvalue weighted by Gasteiger charge is -2.25. The molecule has 0 unspecified atom stereocenters. The summed E-state index contributed by atoms with van der Waals surface area (Å²) in [4.78, 5) is 24.6. The van der Waals surface area contributed by atoms with Crippen molar-refractivity contribution < 1.29 is 23.5 Å². The highest BCUT2D eigenvalue weighted by Gasteiger charge is 2.20. The molecule has 4 nitrogen and oxygen atoms in total. The van der Waals surface area contributed by atoms with Crippen molar-refractivity contribution in [2.75, 3.05) is 7.05 Å². The van der Waals surface area contributed by atoms with Crippen LogP contribution in [0.25, 0.3) is 0 Å². The number of carbonyl (C=O) groups excluding carboxylic acids is 1. The second-order valence-electron chi connectivity index (χ2n) is 5.94. The van der Waals surface area contributed by atoms with Gasteiger partial charge in [0.05, 0.1) is 6.42 Å². The van der Waals surface area contributed by atoms with Gasteiger partial charge >= 0.3 is 5.97 Å². The number of amides is 1. The molecule has 0 saturated heterocycles. The van der Waals surface area contributed by atoms with Gasteiger partial charge in [0.1, 0.15) is 11.6 Å². The molecule has 1 N–H and O–H groups in total. The maximum atomic E-state index is 13.8. The fourth-order valence-electron chi connectivity index (χ4n) is 2.50. The highest BCUT2D eigenvalue weighted by molar-refractivity contribution is 5.94. The van der Waals surface area contributed by atoms with Gasteiger partial charge in [-0.3, -0.25) is 9.59 Å². The molecule has 0 aromatic heterocycles. The lowest BCUT2D eigenvalue weighted by atomic mass is 10.0. The number of nitrogens with zero attached hydrogens (tertiary/aromatic N) is 1. The Balaban J connectivity index is 2.09. The van der Waals surface area contributed by atoms with Gasteiger partial charge < -0.3 is 10.0 Å². The van der Waals surface area contributed by atoms with Gasteiger partial charge in [-0.05, 0) is 43.2 Å². The Morgan fingerprint density at radius 3 is 2.16 bits per heavy atom. The molecule has 0 aliphatic carbocycles. The van der Waals surface area contributed by atoms with Gasteiger partial charge in [0.25, 0.3) is 5.91 Å². The normalized spacial score (nSPS) is 11.8. The zero-order chi connectivity index (χ0) is 18.6. The van der Waals surface area contributed by atoms with Crippen molar-refractivity contribution in [1.29, 1.82) is 0 Å². The smallest absolute Gasteiger partial charge is 0.307 e. The molecule has 0 fully saturated rings. The van der Waals surface area contributed by atoms with Crippen LogP contribution in [0.2, 0.25) is 0 Å². The van der Waals surface area contributed by atoms with Crippen LogP contribution >= 0.6 is 0 Å². The first-order valence-corrected chi connectivity index (χ1v) is 7.80. The maximum Gasteiger partial charge on any atom is 0.307 e. The Bertz CT molecular complexity index is 754. The number of carbonyl (C=O) groups is 2. The summed E-state index contributed by atoms with van der Waals surface area (Å²) >= 11 is 0. The predicted molar refractivity (Wildman–Crippen MR) is 89.4 cm³/mol. The van der Waals surface area contributed by atoms with Crippen LogP contribution in [-0.2, 0) is 17.6 Å². The number of likely N-dealkylation sites (N-methyl/N-ethyl adjacent to an activating group) is 1. The molecule has 132 valence electrons. The molecule has 6 heteroatoms. The lowest BCUT2D eigenvalue weighted by Crippen LogP contribution is -2.36. The minimum atomic E-state index is -0.947. The Labute approximate surface area is 144 Å². The molecule has 0 heterocycles. The standard InChI is InChI=1S/C19H19F2NO3/c1-12(10-15-16(20)4-3-5-17(15)21)22(2)19(25)14-8-6-13(7-9-14)11-18(23)24/h3-9,12H,10-11H2,1-2H3,(H,23,24)/t12-/m0/s1. The number of halogens is 2. The third-order valence-electron chi connectivity index (χ3n) is 4.10. The number of aliphatic carboxylic acids is 1. The van der Waals surface area contributed by atoms with Crippen molar-refractivity contribution in [3.05, 3.63) is 70.8 Å². The zero-order valence-electron chi connectivity index (χ0n) is 14.0. The fourth-order valence-corrected chi connectivity index (χ4v) is 2.50. The van der Waals surface area contributed by atoms with E-state index in [0.29, 0.717) is 11.1 Å². The van der Waals surface area contributed by atoms with Crippen LogP contribution in [0.5, 0.6) is 0 Å². The zero-order valence-corrected chi connectivity index (χ0v) is 14.0. The van der Waals surface area contributed by atoms with E-state index in [2.05, 4.69) is 0 Å².